The maximum Gasteiger partial charge on any atom is 0.223 e. The van der Waals surface area contributed by atoms with E-state index < -0.39 is 5.60 Å². The first kappa shape index (κ1) is 13.2. The van der Waals surface area contributed by atoms with E-state index in [1.54, 1.807) is 20.0 Å². The molecule has 1 aliphatic rings. The van der Waals surface area contributed by atoms with E-state index in [1.807, 2.05) is 13.1 Å². The Morgan fingerprint density at radius 3 is 2.89 bits per heavy atom. The number of nitrogens with zero attached hydrogens (tertiary/aromatic N) is 2. The molecule has 6 heteroatoms. The van der Waals surface area contributed by atoms with Gasteiger partial charge < -0.3 is 21.1 Å². The molecular formula is C12H21N5O. The van der Waals surface area contributed by atoms with E-state index in [2.05, 4.69) is 25.9 Å². The van der Waals surface area contributed by atoms with Gasteiger partial charge in [-0.3, -0.25) is 0 Å². The van der Waals surface area contributed by atoms with Crippen LogP contribution < -0.4 is 16.0 Å². The molecule has 0 amide bonds. The molecule has 2 heterocycles. The van der Waals surface area contributed by atoms with Gasteiger partial charge in [-0.2, -0.15) is 0 Å². The average molecular weight is 251 g/mol. The van der Waals surface area contributed by atoms with Gasteiger partial charge in [0.15, 0.2) is 0 Å². The highest BCUT2D eigenvalue weighted by Crippen LogP contribution is 2.21. The highest BCUT2D eigenvalue weighted by atomic mass is 16.3. The van der Waals surface area contributed by atoms with Crippen molar-refractivity contribution in [3.8, 4) is 0 Å². The largest absolute Gasteiger partial charge is 0.389 e. The monoisotopic (exact) mass is 251 g/mol. The molecule has 0 aromatic carbocycles. The van der Waals surface area contributed by atoms with E-state index >= 15 is 0 Å². The first-order valence-corrected chi connectivity index (χ1v) is 6.19. The first-order chi connectivity index (χ1) is 8.49. The Kier molecular flexibility index (Phi) is 3.79. The van der Waals surface area contributed by atoms with Crippen LogP contribution >= 0.6 is 0 Å². The van der Waals surface area contributed by atoms with Gasteiger partial charge in [-0.1, -0.05) is 0 Å². The molecule has 0 bridgehead atoms. The van der Waals surface area contributed by atoms with Crippen LogP contribution in [0.5, 0.6) is 0 Å². The van der Waals surface area contributed by atoms with E-state index in [0.29, 0.717) is 18.5 Å². The molecule has 100 valence electrons. The van der Waals surface area contributed by atoms with Crippen LogP contribution in [0.1, 0.15) is 25.6 Å². The topological polar surface area (TPSA) is 82.1 Å². The van der Waals surface area contributed by atoms with Crippen LogP contribution in [0.3, 0.4) is 0 Å². The predicted octanol–water partition coefficient (Wildman–Crippen LogP) is -0.108. The van der Waals surface area contributed by atoms with Gasteiger partial charge in [0.2, 0.25) is 5.95 Å². The minimum Gasteiger partial charge on any atom is -0.389 e. The number of aliphatic hydroxyl groups is 1. The van der Waals surface area contributed by atoms with Crippen molar-refractivity contribution in [1.29, 1.82) is 0 Å². The molecule has 1 fully saturated rings. The number of hydrogen-bond acceptors (Lipinski definition) is 6. The molecule has 2 atom stereocenters. The fourth-order valence-electron chi connectivity index (χ4n) is 1.86. The summed E-state index contributed by atoms with van der Waals surface area (Å²) in [5.74, 6) is 0.554. The molecule has 0 aliphatic carbocycles. The molecule has 18 heavy (non-hydrogen) atoms. The van der Waals surface area contributed by atoms with E-state index in [0.717, 1.165) is 12.2 Å². The predicted molar refractivity (Wildman–Crippen MR) is 70.4 cm³/mol. The Balaban J connectivity index is 2.01. The zero-order chi connectivity index (χ0) is 13.2. The summed E-state index contributed by atoms with van der Waals surface area (Å²) < 4.78 is 0. The van der Waals surface area contributed by atoms with Crippen LogP contribution in [0.15, 0.2) is 12.3 Å². The van der Waals surface area contributed by atoms with Crippen LogP contribution in [-0.4, -0.2) is 46.9 Å². The Bertz CT molecular complexity index is 402. The summed E-state index contributed by atoms with van der Waals surface area (Å²) in [6.45, 7) is 4.87. The van der Waals surface area contributed by atoms with Crippen LogP contribution in [-0.2, 0) is 0 Å². The van der Waals surface area contributed by atoms with Crippen molar-refractivity contribution in [2.45, 2.75) is 31.5 Å². The maximum absolute atomic E-state index is 9.65. The minimum atomic E-state index is -0.776. The van der Waals surface area contributed by atoms with Crippen LogP contribution in [0.2, 0.25) is 0 Å². The SMILES string of the molecule is CNC1CNC1c1ccnc(NCC(C)(C)O)n1. The summed E-state index contributed by atoms with van der Waals surface area (Å²) in [7, 11) is 1.95. The van der Waals surface area contributed by atoms with Crippen molar-refractivity contribution in [3.63, 3.8) is 0 Å². The van der Waals surface area contributed by atoms with Gasteiger partial charge in [0.1, 0.15) is 0 Å². The minimum absolute atomic E-state index is 0.237. The fraction of sp³-hybridized carbons (Fsp3) is 0.667. The lowest BCUT2D eigenvalue weighted by atomic mass is 9.97. The van der Waals surface area contributed by atoms with E-state index in [1.165, 1.54) is 0 Å². The molecule has 1 saturated heterocycles. The van der Waals surface area contributed by atoms with E-state index in [4.69, 9.17) is 0 Å². The number of aromatic nitrogens is 2. The number of anilines is 1. The molecule has 1 aliphatic heterocycles. The summed E-state index contributed by atoms with van der Waals surface area (Å²) in [5, 5.41) is 19.3. The number of likely N-dealkylation sites (N-methyl/N-ethyl adjacent to an activating group) is 1. The molecule has 2 unspecified atom stereocenters. The van der Waals surface area contributed by atoms with Crippen molar-refractivity contribution >= 4 is 5.95 Å². The molecule has 4 N–H and O–H groups in total. The van der Waals surface area contributed by atoms with Crippen LogP contribution in [0.4, 0.5) is 5.95 Å². The van der Waals surface area contributed by atoms with Gasteiger partial charge >= 0.3 is 0 Å². The van der Waals surface area contributed by atoms with Gasteiger partial charge in [0.25, 0.3) is 0 Å². The third kappa shape index (κ3) is 3.16. The summed E-state index contributed by atoms with van der Waals surface area (Å²) in [4.78, 5) is 8.61. The average Bonchev–Trinajstić information content (AvgIpc) is 2.25. The highest BCUT2D eigenvalue weighted by molar-refractivity contribution is 5.28. The van der Waals surface area contributed by atoms with Crippen molar-refractivity contribution in [3.05, 3.63) is 18.0 Å². The Labute approximate surface area is 107 Å². The fourth-order valence-corrected chi connectivity index (χ4v) is 1.86. The summed E-state index contributed by atoms with van der Waals surface area (Å²) in [6, 6.07) is 2.57. The second-order valence-electron chi connectivity index (χ2n) is 5.25. The number of hydrogen-bond donors (Lipinski definition) is 4. The van der Waals surface area contributed by atoms with E-state index in [9.17, 15) is 5.11 Å². The van der Waals surface area contributed by atoms with Gasteiger partial charge in [-0.25, -0.2) is 9.97 Å². The third-order valence-electron chi connectivity index (χ3n) is 3.01. The molecule has 0 spiro atoms. The van der Waals surface area contributed by atoms with E-state index in [-0.39, 0.29) is 6.04 Å². The van der Waals surface area contributed by atoms with Crippen LogP contribution in [0.25, 0.3) is 0 Å². The zero-order valence-electron chi connectivity index (χ0n) is 11.1. The zero-order valence-corrected chi connectivity index (χ0v) is 11.1. The van der Waals surface area contributed by atoms with Gasteiger partial charge in [-0.05, 0) is 27.0 Å². The van der Waals surface area contributed by atoms with Crippen LogP contribution in [0, 0.1) is 0 Å². The number of rotatable bonds is 5. The van der Waals surface area contributed by atoms with Gasteiger partial charge in [0.05, 0.1) is 17.3 Å². The lowest BCUT2D eigenvalue weighted by Crippen LogP contribution is -2.56. The normalized spacial score (nSPS) is 23.6. The van der Waals surface area contributed by atoms with Crippen molar-refractivity contribution in [2.24, 2.45) is 0 Å². The molecule has 1 aromatic heterocycles. The van der Waals surface area contributed by atoms with Gasteiger partial charge in [0, 0.05) is 25.3 Å². The Morgan fingerprint density at radius 2 is 2.33 bits per heavy atom. The smallest absolute Gasteiger partial charge is 0.223 e. The summed E-state index contributed by atoms with van der Waals surface area (Å²) in [6.07, 6.45) is 1.74. The highest BCUT2D eigenvalue weighted by Gasteiger charge is 2.31. The lowest BCUT2D eigenvalue weighted by Gasteiger charge is -2.37. The molecular weight excluding hydrogens is 230 g/mol. The molecule has 6 nitrogen and oxygen atoms in total. The van der Waals surface area contributed by atoms with Gasteiger partial charge in [-0.15, -0.1) is 0 Å². The first-order valence-electron chi connectivity index (χ1n) is 6.19. The second kappa shape index (κ2) is 5.17. The molecule has 2 rings (SSSR count). The summed E-state index contributed by atoms with van der Waals surface area (Å²) >= 11 is 0. The maximum atomic E-state index is 9.65. The lowest BCUT2D eigenvalue weighted by molar-refractivity contribution is 0.0943. The number of nitrogens with one attached hydrogen (secondary N) is 3. The standard InChI is InChI=1S/C12H21N5O/c1-12(2,18)7-16-11-14-5-4-8(17-11)10-9(13-3)6-15-10/h4-5,9-10,13,15,18H,6-7H2,1-3H3,(H,14,16,17). The molecule has 0 saturated carbocycles. The van der Waals surface area contributed by atoms with Crippen molar-refractivity contribution < 1.29 is 5.11 Å². The molecule has 0 radical (unpaired) electrons. The second-order valence-corrected chi connectivity index (χ2v) is 5.25. The third-order valence-corrected chi connectivity index (χ3v) is 3.01. The Morgan fingerprint density at radius 1 is 1.56 bits per heavy atom. The molecule has 1 aromatic rings. The van der Waals surface area contributed by atoms with Crippen molar-refractivity contribution in [2.75, 3.05) is 25.5 Å². The quantitative estimate of drug-likeness (QED) is 0.585. The summed E-state index contributed by atoms with van der Waals surface area (Å²) in [5.41, 5.74) is 0.190. The Hall–Kier alpha value is -1.24. The van der Waals surface area contributed by atoms with Crippen molar-refractivity contribution in [1.82, 2.24) is 20.6 Å².